The van der Waals surface area contributed by atoms with Gasteiger partial charge in [-0.25, -0.2) is 0 Å². The lowest BCUT2D eigenvalue weighted by Gasteiger charge is -2.30. The van der Waals surface area contributed by atoms with Gasteiger partial charge in [-0.3, -0.25) is 0 Å². The van der Waals surface area contributed by atoms with Crippen molar-refractivity contribution in [3.05, 3.63) is 11.1 Å². The molecule has 0 unspecified atom stereocenters. The molecular weight excluding hydrogens is 132 g/mol. The fourth-order valence-electron chi connectivity index (χ4n) is 2.17. The number of allylic oxidation sites excluding steroid dienone is 2. The van der Waals surface area contributed by atoms with Gasteiger partial charge < -0.3 is 0 Å². The third kappa shape index (κ3) is 1.04. The molecule has 1 rings (SSSR count). The van der Waals surface area contributed by atoms with Gasteiger partial charge in [-0.15, -0.1) is 0 Å². The Balaban J connectivity index is 3.02. The van der Waals surface area contributed by atoms with E-state index in [0.717, 1.165) is 11.8 Å². The highest BCUT2D eigenvalue weighted by Crippen LogP contribution is 2.49. The SMILES string of the molecule is CC1=C(C)[C@H](C)C(C)(C)[C@@H]1C. The number of hydrogen-bond acceptors (Lipinski definition) is 0. The maximum absolute atomic E-state index is 2.38. The second-order valence-corrected chi connectivity index (χ2v) is 4.63. The molecule has 0 aromatic rings. The van der Waals surface area contributed by atoms with Gasteiger partial charge in [-0.1, -0.05) is 38.8 Å². The van der Waals surface area contributed by atoms with Crippen molar-refractivity contribution in [1.82, 2.24) is 0 Å². The largest absolute Gasteiger partial charge is 0.0707 e. The molecule has 0 heterocycles. The van der Waals surface area contributed by atoms with Crippen LogP contribution in [-0.2, 0) is 0 Å². The zero-order valence-electron chi connectivity index (χ0n) is 8.65. The minimum absolute atomic E-state index is 0.480. The quantitative estimate of drug-likeness (QED) is 0.465. The van der Waals surface area contributed by atoms with Crippen LogP contribution >= 0.6 is 0 Å². The Kier molecular flexibility index (Phi) is 1.90. The highest BCUT2D eigenvalue weighted by molar-refractivity contribution is 5.26. The van der Waals surface area contributed by atoms with Gasteiger partial charge in [0.1, 0.15) is 0 Å². The first kappa shape index (κ1) is 8.83. The molecule has 1 aliphatic rings. The minimum Gasteiger partial charge on any atom is -0.0707 e. The predicted octanol–water partition coefficient (Wildman–Crippen LogP) is 3.63. The Hall–Kier alpha value is -0.260. The average Bonchev–Trinajstić information content (AvgIpc) is 2.06. The highest BCUT2D eigenvalue weighted by Gasteiger charge is 2.40. The van der Waals surface area contributed by atoms with E-state index in [0.29, 0.717) is 5.41 Å². The Labute approximate surface area is 70.7 Å². The van der Waals surface area contributed by atoms with Gasteiger partial charge in [-0.05, 0) is 31.1 Å². The Morgan fingerprint density at radius 3 is 1.27 bits per heavy atom. The number of hydrogen-bond donors (Lipinski definition) is 0. The van der Waals surface area contributed by atoms with Crippen molar-refractivity contribution in [2.45, 2.75) is 41.5 Å². The van der Waals surface area contributed by atoms with E-state index in [2.05, 4.69) is 41.5 Å². The second-order valence-electron chi connectivity index (χ2n) is 4.63. The van der Waals surface area contributed by atoms with Gasteiger partial charge in [0.05, 0.1) is 0 Å². The molecule has 0 nitrogen and oxygen atoms in total. The molecule has 11 heavy (non-hydrogen) atoms. The molecule has 0 amide bonds. The molecule has 0 bridgehead atoms. The van der Waals surface area contributed by atoms with Gasteiger partial charge in [0.2, 0.25) is 0 Å². The van der Waals surface area contributed by atoms with Crippen LogP contribution in [0.1, 0.15) is 41.5 Å². The van der Waals surface area contributed by atoms with E-state index in [-0.39, 0.29) is 0 Å². The van der Waals surface area contributed by atoms with Crippen LogP contribution in [0, 0.1) is 17.3 Å². The molecule has 2 atom stereocenters. The van der Waals surface area contributed by atoms with E-state index in [1.165, 1.54) is 0 Å². The zero-order valence-corrected chi connectivity index (χ0v) is 8.65. The van der Waals surface area contributed by atoms with E-state index in [4.69, 9.17) is 0 Å². The van der Waals surface area contributed by atoms with E-state index < -0.39 is 0 Å². The van der Waals surface area contributed by atoms with Crippen LogP contribution in [0.15, 0.2) is 11.1 Å². The molecule has 0 fully saturated rings. The van der Waals surface area contributed by atoms with Crippen LogP contribution in [0.5, 0.6) is 0 Å². The van der Waals surface area contributed by atoms with Gasteiger partial charge >= 0.3 is 0 Å². The smallest absolute Gasteiger partial charge is 0.0175 e. The van der Waals surface area contributed by atoms with Crippen molar-refractivity contribution in [1.29, 1.82) is 0 Å². The molecule has 0 aromatic heterocycles. The van der Waals surface area contributed by atoms with Crippen molar-refractivity contribution in [3.63, 3.8) is 0 Å². The van der Waals surface area contributed by atoms with Crippen LogP contribution in [0.3, 0.4) is 0 Å². The summed E-state index contributed by atoms with van der Waals surface area (Å²) in [5.74, 6) is 1.52. The summed E-state index contributed by atoms with van der Waals surface area (Å²) in [6.07, 6.45) is 0. The summed E-state index contributed by atoms with van der Waals surface area (Å²) >= 11 is 0. The maximum atomic E-state index is 2.38. The Morgan fingerprint density at radius 2 is 1.18 bits per heavy atom. The van der Waals surface area contributed by atoms with Gasteiger partial charge in [0.25, 0.3) is 0 Å². The van der Waals surface area contributed by atoms with Crippen molar-refractivity contribution in [3.8, 4) is 0 Å². The molecule has 0 heteroatoms. The molecule has 1 aliphatic carbocycles. The summed E-state index contributed by atoms with van der Waals surface area (Å²) in [5.41, 5.74) is 3.71. The fraction of sp³-hybridized carbons (Fsp3) is 0.818. The molecule has 0 saturated carbocycles. The lowest BCUT2D eigenvalue weighted by atomic mass is 9.74. The van der Waals surface area contributed by atoms with Crippen LogP contribution in [0.4, 0.5) is 0 Å². The van der Waals surface area contributed by atoms with Crippen LogP contribution in [-0.4, -0.2) is 0 Å². The van der Waals surface area contributed by atoms with E-state index in [1.807, 2.05) is 0 Å². The van der Waals surface area contributed by atoms with Crippen molar-refractivity contribution in [2.24, 2.45) is 17.3 Å². The predicted molar refractivity (Wildman–Crippen MR) is 50.5 cm³/mol. The number of rotatable bonds is 0. The van der Waals surface area contributed by atoms with E-state index in [1.54, 1.807) is 11.1 Å². The second kappa shape index (κ2) is 2.36. The lowest BCUT2D eigenvalue weighted by molar-refractivity contribution is 0.221. The third-order valence-electron chi connectivity index (χ3n) is 4.15. The standard InChI is InChI=1S/C11H20/c1-7-8(2)10(4)11(5,6)9(7)3/h9-10H,1-6H3/t9-,10+. The first-order chi connectivity index (χ1) is 4.89. The van der Waals surface area contributed by atoms with E-state index >= 15 is 0 Å². The topological polar surface area (TPSA) is 0 Å². The average molecular weight is 152 g/mol. The molecule has 0 saturated heterocycles. The normalized spacial score (nSPS) is 36.5. The summed E-state index contributed by atoms with van der Waals surface area (Å²) in [6.45, 7) is 14.0. The zero-order chi connectivity index (χ0) is 8.81. The molecule has 64 valence electrons. The van der Waals surface area contributed by atoms with Crippen LogP contribution in [0.2, 0.25) is 0 Å². The lowest BCUT2D eigenvalue weighted by Crippen LogP contribution is -2.23. The van der Waals surface area contributed by atoms with Gasteiger partial charge in [0.15, 0.2) is 0 Å². The molecule has 0 aliphatic heterocycles. The molecular formula is C11H20. The Morgan fingerprint density at radius 1 is 0.909 bits per heavy atom. The highest BCUT2D eigenvalue weighted by atomic mass is 14.4. The first-order valence-electron chi connectivity index (χ1n) is 4.56. The first-order valence-corrected chi connectivity index (χ1v) is 4.56. The summed E-state index contributed by atoms with van der Waals surface area (Å²) < 4.78 is 0. The summed E-state index contributed by atoms with van der Waals surface area (Å²) in [7, 11) is 0. The Bertz CT molecular complexity index is 176. The maximum Gasteiger partial charge on any atom is -0.0175 e. The fourth-order valence-corrected chi connectivity index (χ4v) is 2.17. The van der Waals surface area contributed by atoms with E-state index in [9.17, 15) is 0 Å². The monoisotopic (exact) mass is 152 g/mol. The van der Waals surface area contributed by atoms with Gasteiger partial charge in [0, 0.05) is 0 Å². The van der Waals surface area contributed by atoms with Crippen LogP contribution < -0.4 is 0 Å². The molecule has 0 N–H and O–H groups in total. The third-order valence-corrected chi connectivity index (χ3v) is 4.15. The molecule has 0 spiro atoms. The van der Waals surface area contributed by atoms with Crippen LogP contribution in [0.25, 0.3) is 0 Å². The summed E-state index contributed by atoms with van der Waals surface area (Å²) in [6, 6.07) is 0. The molecule has 0 radical (unpaired) electrons. The van der Waals surface area contributed by atoms with Crippen molar-refractivity contribution < 1.29 is 0 Å². The van der Waals surface area contributed by atoms with Gasteiger partial charge in [-0.2, -0.15) is 0 Å². The summed E-state index contributed by atoms with van der Waals surface area (Å²) in [4.78, 5) is 0. The molecule has 0 aromatic carbocycles. The minimum atomic E-state index is 0.480. The van der Waals surface area contributed by atoms with Crippen molar-refractivity contribution in [2.75, 3.05) is 0 Å². The van der Waals surface area contributed by atoms with Crippen molar-refractivity contribution >= 4 is 0 Å². The summed E-state index contributed by atoms with van der Waals surface area (Å²) in [5, 5.41) is 0.